The molecule has 2 rings (SSSR count). The summed E-state index contributed by atoms with van der Waals surface area (Å²) in [4.78, 5) is 27.1. The zero-order chi connectivity index (χ0) is 21.4. The van der Waals surface area contributed by atoms with Crippen LogP contribution in [0.2, 0.25) is 10.0 Å². The van der Waals surface area contributed by atoms with Gasteiger partial charge in [0.25, 0.3) is 0 Å². The third-order valence-corrected chi connectivity index (χ3v) is 5.89. The van der Waals surface area contributed by atoms with Crippen LogP contribution in [0, 0.1) is 0 Å². The molecule has 156 valence electrons. The van der Waals surface area contributed by atoms with Crippen molar-refractivity contribution in [3.63, 3.8) is 0 Å². The van der Waals surface area contributed by atoms with Gasteiger partial charge in [-0.1, -0.05) is 53.5 Å². The SMILES string of the molecule is CC(C)NC(=O)C(C)N(Cc1ccc(Cl)cc1)C(=O)CSCc1ccccc1Cl. The predicted molar refractivity (Wildman–Crippen MR) is 122 cm³/mol. The Morgan fingerprint density at radius 3 is 2.31 bits per heavy atom. The van der Waals surface area contributed by atoms with Crippen molar-refractivity contribution < 1.29 is 9.59 Å². The molecule has 4 nitrogen and oxygen atoms in total. The van der Waals surface area contributed by atoms with E-state index in [2.05, 4.69) is 5.32 Å². The largest absolute Gasteiger partial charge is 0.352 e. The Kier molecular flexibility index (Phi) is 9.34. The number of hydrogen-bond acceptors (Lipinski definition) is 3. The first-order valence-corrected chi connectivity index (χ1v) is 11.3. The highest BCUT2D eigenvalue weighted by Gasteiger charge is 2.26. The third-order valence-electron chi connectivity index (χ3n) is 4.31. The lowest BCUT2D eigenvalue weighted by molar-refractivity contribution is -0.138. The molecule has 0 fully saturated rings. The van der Waals surface area contributed by atoms with E-state index in [0.717, 1.165) is 11.1 Å². The summed E-state index contributed by atoms with van der Waals surface area (Å²) in [6.07, 6.45) is 0. The van der Waals surface area contributed by atoms with Crippen LogP contribution >= 0.6 is 35.0 Å². The van der Waals surface area contributed by atoms with Crippen LogP contribution < -0.4 is 5.32 Å². The summed E-state index contributed by atoms with van der Waals surface area (Å²) in [5.74, 6) is 0.632. The minimum atomic E-state index is -0.582. The molecule has 1 N–H and O–H groups in total. The molecule has 1 atom stereocenters. The maximum Gasteiger partial charge on any atom is 0.242 e. The Balaban J connectivity index is 2.07. The first-order chi connectivity index (χ1) is 13.8. The van der Waals surface area contributed by atoms with E-state index in [9.17, 15) is 9.59 Å². The second-order valence-electron chi connectivity index (χ2n) is 7.07. The van der Waals surface area contributed by atoms with E-state index in [1.807, 2.05) is 50.2 Å². The number of carbonyl (C=O) groups is 2. The van der Waals surface area contributed by atoms with Gasteiger partial charge in [0.05, 0.1) is 5.75 Å². The quantitative estimate of drug-likeness (QED) is 0.570. The number of thioether (sulfide) groups is 1. The van der Waals surface area contributed by atoms with Crippen LogP contribution in [0.25, 0.3) is 0 Å². The number of amides is 2. The van der Waals surface area contributed by atoms with E-state index < -0.39 is 6.04 Å². The van der Waals surface area contributed by atoms with Crippen molar-refractivity contribution in [3.05, 3.63) is 69.7 Å². The van der Waals surface area contributed by atoms with Gasteiger partial charge in [0.1, 0.15) is 6.04 Å². The summed E-state index contributed by atoms with van der Waals surface area (Å²) < 4.78 is 0. The van der Waals surface area contributed by atoms with Crippen molar-refractivity contribution in [1.29, 1.82) is 0 Å². The lowest BCUT2D eigenvalue weighted by atomic mass is 10.1. The molecule has 0 aliphatic heterocycles. The van der Waals surface area contributed by atoms with Gasteiger partial charge in [-0.3, -0.25) is 9.59 Å². The molecule has 29 heavy (non-hydrogen) atoms. The smallest absolute Gasteiger partial charge is 0.242 e. The van der Waals surface area contributed by atoms with E-state index in [4.69, 9.17) is 23.2 Å². The van der Waals surface area contributed by atoms with Crippen LogP contribution in [0.1, 0.15) is 31.9 Å². The molecule has 0 aliphatic carbocycles. The lowest BCUT2D eigenvalue weighted by Crippen LogP contribution is -2.49. The Morgan fingerprint density at radius 1 is 1.03 bits per heavy atom. The minimum Gasteiger partial charge on any atom is -0.352 e. The number of nitrogens with zero attached hydrogens (tertiary/aromatic N) is 1. The van der Waals surface area contributed by atoms with Gasteiger partial charge in [-0.15, -0.1) is 11.8 Å². The van der Waals surface area contributed by atoms with E-state index >= 15 is 0 Å². The van der Waals surface area contributed by atoms with Crippen LogP contribution in [0.4, 0.5) is 0 Å². The van der Waals surface area contributed by atoms with Gasteiger partial charge in [0, 0.05) is 28.4 Å². The summed E-state index contributed by atoms with van der Waals surface area (Å²) in [6.45, 7) is 5.89. The molecule has 1 unspecified atom stereocenters. The molecule has 2 aromatic carbocycles. The second-order valence-corrected chi connectivity index (χ2v) is 8.90. The van der Waals surface area contributed by atoms with E-state index in [-0.39, 0.29) is 23.6 Å². The van der Waals surface area contributed by atoms with Gasteiger partial charge < -0.3 is 10.2 Å². The number of benzene rings is 2. The highest BCUT2D eigenvalue weighted by Crippen LogP contribution is 2.22. The highest BCUT2D eigenvalue weighted by molar-refractivity contribution is 7.99. The average molecular weight is 453 g/mol. The first-order valence-electron chi connectivity index (χ1n) is 9.43. The zero-order valence-corrected chi connectivity index (χ0v) is 19.2. The minimum absolute atomic E-state index is 0.00651. The summed E-state index contributed by atoms with van der Waals surface area (Å²) in [5.41, 5.74) is 1.91. The Hall–Kier alpha value is -1.69. The van der Waals surface area contributed by atoms with Gasteiger partial charge in [-0.2, -0.15) is 0 Å². The van der Waals surface area contributed by atoms with Gasteiger partial charge in [0.2, 0.25) is 11.8 Å². The molecule has 0 radical (unpaired) electrons. The molecule has 0 aromatic heterocycles. The van der Waals surface area contributed by atoms with Crippen LogP contribution in [0.5, 0.6) is 0 Å². The highest BCUT2D eigenvalue weighted by atomic mass is 35.5. The normalized spacial score (nSPS) is 11.9. The standard InChI is InChI=1S/C22H26Cl2N2O2S/c1-15(2)25-22(28)16(3)26(12-17-8-10-19(23)11-9-17)21(27)14-29-13-18-6-4-5-7-20(18)24/h4-11,15-16H,12-14H2,1-3H3,(H,25,28). The van der Waals surface area contributed by atoms with Crippen LogP contribution in [-0.4, -0.2) is 34.6 Å². The molecule has 0 heterocycles. The van der Waals surface area contributed by atoms with E-state index in [0.29, 0.717) is 22.3 Å². The van der Waals surface area contributed by atoms with Crippen LogP contribution in [0.3, 0.4) is 0 Å². The number of carbonyl (C=O) groups excluding carboxylic acids is 2. The van der Waals surface area contributed by atoms with Gasteiger partial charge in [-0.05, 0) is 50.1 Å². The van der Waals surface area contributed by atoms with Crippen molar-refractivity contribution in [2.75, 3.05) is 5.75 Å². The molecule has 0 saturated carbocycles. The van der Waals surface area contributed by atoms with Crippen molar-refractivity contribution in [1.82, 2.24) is 10.2 Å². The molecule has 2 amide bonds. The van der Waals surface area contributed by atoms with Crippen LogP contribution in [0.15, 0.2) is 48.5 Å². The Labute approximate surface area is 187 Å². The number of rotatable bonds is 9. The fourth-order valence-corrected chi connectivity index (χ4v) is 4.04. The molecule has 2 aromatic rings. The predicted octanol–water partition coefficient (Wildman–Crippen LogP) is 5.17. The van der Waals surface area contributed by atoms with Crippen molar-refractivity contribution >= 4 is 46.8 Å². The summed E-state index contributed by atoms with van der Waals surface area (Å²) >= 11 is 13.6. The first kappa shape index (κ1) is 23.6. The number of halogens is 2. The summed E-state index contributed by atoms with van der Waals surface area (Å²) in [6, 6.07) is 14.3. The molecular formula is C22H26Cl2N2O2S. The number of hydrogen-bond donors (Lipinski definition) is 1. The molecule has 7 heteroatoms. The van der Waals surface area contributed by atoms with E-state index in [1.54, 1.807) is 24.0 Å². The maximum atomic E-state index is 13.0. The Bertz CT molecular complexity index is 828. The van der Waals surface area contributed by atoms with Crippen molar-refractivity contribution in [2.45, 2.75) is 45.2 Å². The lowest BCUT2D eigenvalue weighted by Gasteiger charge is -2.29. The molecule has 0 saturated heterocycles. The van der Waals surface area contributed by atoms with Gasteiger partial charge in [0.15, 0.2) is 0 Å². The van der Waals surface area contributed by atoms with Crippen LogP contribution in [-0.2, 0) is 21.9 Å². The topological polar surface area (TPSA) is 49.4 Å². The molecule has 0 aliphatic rings. The molecular weight excluding hydrogens is 427 g/mol. The fourth-order valence-electron chi connectivity index (χ4n) is 2.72. The van der Waals surface area contributed by atoms with Gasteiger partial charge in [-0.25, -0.2) is 0 Å². The Morgan fingerprint density at radius 2 is 1.69 bits per heavy atom. The summed E-state index contributed by atoms with van der Waals surface area (Å²) in [7, 11) is 0. The third kappa shape index (κ3) is 7.57. The monoisotopic (exact) mass is 452 g/mol. The molecule has 0 spiro atoms. The van der Waals surface area contributed by atoms with E-state index in [1.165, 1.54) is 11.8 Å². The number of nitrogens with one attached hydrogen (secondary N) is 1. The summed E-state index contributed by atoms with van der Waals surface area (Å²) in [5, 5.41) is 4.21. The average Bonchev–Trinajstić information content (AvgIpc) is 2.68. The maximum absolute atomic E-state index is 13.0. The zero-order valence-electron chi connectivity index (χ0n) is 16.8. The van der Waals surface area contributed by atoms with Gasteiger partial charge >= 0.3 is 0 Å². The van der Waals surface area contributed by atoms with Crippen molar-refractivity contribution in [2.24, 2.45) is 0 Å². The fraction of sp³-hybridized carbons (Fsp3) is 0.364. The second kappa shape index (κ2) is 11.5. The van der Waals surface area contributed by atoms with Crippen molar-refractivity contribution in [3.8, 4) is 0 Å². The molecule has 0 bridgehead atoms.